The molecule has 1 fully saturated rings. The first-order chi connectivity index (χ1) is 14.3. The minimum Gasteiger partial charge on any atom is -0.406 e. The lowest BCUT2D eigenvalue weighted by Gasteiger charge is -2.32. The first kappa shape index (κ1) is 20.1. The number of para-hydroxylation sites is 1. The zero-order valence-electron chi connectivity index (χ0n) is 16.3. The Hall–Kier alpha value is -3.16. The number of alkyl halides is 3. The molecule has 0 radical (unpaired) electrons. The summed E-state index contributed by atoms with van der Waals surface area (Å²) in [5.41, 5.74) is 3.39. The van der Waals surface area contributed by atoms with Gasteiger partial charge in [0.2, 0.25) is 0 Å². The van der Waals surface area contributed by atoms with Crippen molar-refractivity contribution in [2.24, 2.45) is 0 Å². The molecule has 30 heavy (non-hydrogen) atoms. The molecule has 4 rings (SSSR count). The number of aryl methyl sites for hydroxylation is 1. The van der Waals surface area contributed by atoms with E-state index in [2.05, 4.69) is 14.7 Å². The van der Waals surface area contributed by atoms with Gasteiger partial charge in [-0.05, 0) is 49.6 Å². The van der Waals surface area contributed by atoms with Crippen LogP contribution in [0.5, 0.6) is 5.75 Å². The second kappa shape index (κ2) is 7.93. The van der Waals surface area contributed by atoms with Crippen LogP contribution in [0.2, 0.25) is 0 Å². The maximum Gasteiger partial charge on any atom is 0.573 e. The van der Waals surface area contributed by atoms with Crippen LogP contribution in [-0.4, -0.2) is 40.2 Å². The minimum atomic E-state index is -4.75. The highest BCUT2D eigenvalue weighted by Crippen LogP contribution is 2.32. The molecule has 1 saturated heterocycles. The number of carbonyl (C=O) groups excluding carboxylic acids is 1. The van der Waals surface area contributed by atoms with Gasteiger partial charge in [-0.2, -0.15) is 0 Å². The largest absolute Gasteiger partial charge is 0.573 e. The molecule has 3 aromatic rings. The van der Waals surface area contributed by atoms with E-state index in [0.717, 1.165) is 47.1 Å². The van der Waals surface area contributed by atoms with E-state index in [1.165, 1.54) is 12.1 Å². The monoisotopic (exact) mass is 415 g/mol. The summed E-state index contributed by atoms with van der Waals surface area (Å²) in [5.74, 6) is -0.317. The summed E-state index contributed by atoms with van der Waals surface area (Å²) in [4.78, 5) is 23.4. The van der Waals surface area contributed by atoms with Gasteiger partial charge >= 0.3 is 6.36 Å². The third kappa shape index (κ3) is 4.22. The van der Waals surface area contributed by atoms with Crippen LogP contribution < -0.4 is 4.74 Å². The zero-order valence-corrected chi connectivity index (χ0v) is 16.3. The SMILES string of the molecule is Cc1cccc2c(C3CCN(C(=O)c4ccc(OC(F)(F)F)cc4)CC3)ncnc12. The Kier molecular flexibility index (Phi) is 5.32. The van der Waals surface area contributed by atoms with Crippen molar-refractivity contribution < 1.29 is 22.7 Å². The first-order valence-electron chi connectivity index (χ1n) is 9.67. The number of hydrogen-bond acceptors (Lipinski definition) is 4. The van der Waals surface area contributed by atoms with Gasteiger partial charge in [0, 0.05) is 30.0 Å². The van der Waals surface area contributed by atoms with Crippen molar-refractivity contribution in [3.8, 4) is 5.75 Å². The Bertz CT molecular complexity index is 1060. The van der Waals surface area contributed by atoms with E-state index in [1.807, 2.05) is 25.1 Å². The molecule has 0 atom stereocenters. The third-order valence-electron chi connectivity index (χ3n) is 5.40. The number of amides is 1. The predicted octanol–water partition coefficient (Wildman–Crippen LogP) is 4.86. The van der Waals surface area contributed by atoms with Crippen molar-refractivity contribution in [1.29, 1.82) is 0 Å². The van der Waals surface area contributed by atoms with E-state index < -0.39 is 6.36 Å². The molecule has 1 amide bonds. The highest BCUT2D eigenvalue weighted by Gasteiger charge is 2.31. The van der Waals surface area contributed by atoms with Crippen LogP contribution in [0.1, 0.15) is 40.4 Å². The minimum absolute atomic E-state index is 0.199. The number of hydrogen-bond donors (Lipinski definition) is 0. The number of ether oxygens (including phenoxy) is 1. The molecular weight excluding hydrogens is 395 g/mol. The van der Waals surface area contributed by atoms with Gasteiger partial charge in [-0.3, -0.25) is 4.79 Å². The predicted molar refractivity (Wildman–Crippen MR) is 105 cm³/mol. The fourth-order valence-corrected chi connectivity index (χ4v) is 3.92. The molecule has 1 aromatic heterocycles. The molecular formula is C22H20F3N3O2. The molecule has 0 N–H and O–H groups in total. The van der Waals surface area contributed by atoms with Gasteiger partial charge in [0.05, 0.1) is 11.2 Å². The molecule has 0 aliphatic carbocycles. The molecule has 156 valence electrons. The van der Waals surface area contributed by atoms with Gasteiger partial charge in [0.15, 0.2) is 0 Å². The lowest BCUT2D eigenvalue weighted by molar-refractivity contribution is -0.274. The Morgan fingerprint density at radius 3 is 2.43 bits per heavy atom. The van der Waals surface area contributed by atoms with Crippen LogP contribution in [0.25, 0.3) is 10.9 Å². The van der Waals surface area contributed by atoms with Crippen molar-refractivity contribution in [2.75, 3.05) is 13.1 Å². The van der Waals surface area contributed by atoms with Crippen LogP contribution in [0.3, 0.4) is 0 Å². The standard InChI is InChI=1S/C22H20F3N3O2/c1-14-3-2-4-18-19(14)26-13-27-20(18)15-9-11-28(12-10-15)21(29)16-5-7-17(8-6-16)30-22(23,24)25/h2-8,13,15H,9-12H2,1H3. The second-order valence-corrected chi connectivity index (χ2v) is 7.37. The fourth-order valence-electron chi connectivity index (χ4n) is 3.92. The van der Waals surface area contributed by atoms with E-state index in [-0.39, 0.29) is 17.6 Å². The number of rotatable bonds is 3. The van der Waals surface area contributed by atoms with Gasteiger partial charge in [0.25, 0.3) is 5.91 Å². The molecule has 5 nitrogen and oxygen atoms in total. The van der Waals surface area contributed by atoms with Gasteiger partial charge in [-0.15, -0.1) is 13.2 Å². The number of fused-ring (bicyclic) bond motifs is 1. The summed E-state index contributed by atoms with van der Waals surface area (Å²) in [6.07, 6.45) is -1.63. The highest BCUT2D eigenvalue weighted by molar-refractivity contribution is 5.94. The molecule has 1 aliphatic rings. The first-order valence-corrected chi connectivity index (χ1v) is 9.67. The lowest BCUT2D eigenvalue weighted by atomic mass is 9.90. The number of carbonyl (C=O) groups is 1. The summed E-state index contributed by atoms with van der Waals surface area (Å²) < 4.78 is 40.7. The smallest absolute Gasteiger partial charge is 0.406 e. The zero-order chi connectivity index (χ0) is 21.3. The fraction of sp³-hybridized carbons (Fsp3) is 0.318. The summed E-state index contributed by atoms with van der Waals surface area (Å²) in [5, 5.41) is 1.04. The third-order valence-corrected chi connectivity index (χ3v) is 5.40. The number of nitrogens with zero attached hydrogens (tertiary/aromatic N) is 3. The molecule has 2 heterocycles. The van der Waals surface area contributed by atoms with Gasteiger partial charge in [-0.25, -0.2) is 9.97 Å². The average molecular weight is 415 g/mol. The van der Waals surface area contributed by atoms with Gasteiger partial charge in [-0.1, -0.05) is 18.2 Å². The molecule has 2 aromatic carbocycles. The highest BCUT2D eigenvalue weighted by atomic mass is 19.4. The summed E-state index contributed by atoms with van der Waals surface area (Å²) in [7, 11) is 0. The quantitative estimate of drug-likeness (QED) is 0.613. The van der Waals surface area contributed by atoms with Gasteiger partial charge < -0.3 is 9.64 Å². The van der Waals surface area contributed by atoms with Crippen molar-refractivity contribution >= 4 is 16.8 Å². The van der Waals surface area contributed by atoms with E-state index in [0.29, 0.717) is 18.7 Å². The number of likely N-dealkylation sites (tertiary alicyclic amines) is 1. The molecule has 1 aliphatic heterocycles. The number of aromatic nitrogens is 2. The van der Waals surface area contributed by atoms with Crippen molar-refractivity contribution in [2.45, 2.75) is 32.0 Å². The molecule has 8 heteroatoms. The van der Waals surface area contributed by atoms with Gasteiger partial charge in [0.1, 0.15) is 12.1 Å². The van der Waals surface area contributed by atoms with E-state index in [9.17, 15) is 18.0 Å². The lowest BCUT2D eigenvalue weighted by Crippen LogP contribution is -2.38. The summed E-state index contributed by atoms with van der Waals surface area (Å²) in [6, 6.07) is 11.1. The maximum atomic E-state index is 12.7. The second-order valence-electron chi connectivity index (χ2n) is 7.37. The Balaban J connectivity index is 1.44. The van der Waals surface area contributed by atoms with Crippen LogP contribution in [0, 0.1) is 6.92 Å². The van der Waals surface area contributed by atoms with Crippen molar-refractivity contribution in [1.82, 2.24) is 14.9 Å². The number of piperidine rings is 1. The van der Waals surface area contributed by atoms with E-state index in [4.69, 9.17) is 0 Å². The van der Waals surface area contributed by atoms with E-state index >= 15 is 0 Å². The van der Waals surface area contributed by atoms with Crippen molar-refractivity contribution in [3.63, 3.8) is 0 Å². The number of benzene rings is 2. The van der Waals surface area contributed by atoms with Crippen LogP contribution in [0.15, 0.2) is 48.8 Å². The molecule has 0 unspecified atom stereocenters. The van der Waals surface area contributed by atoms with Crippen LogP contribution in [0.4, 0.5) is 13.2 Å². The average Bonchev–Trinajstić information content (AvgIpc) is 2.73. The van der Waals surface area contributed by atoms with Crippen LogP contribution in [-0.2, 0) is 0 Å². The summed E-state index contributed by atoms with van der Waals surface area (Å²) >= 11 is 0. The Morgan fingerprint density at radius 2 is 1.77 bits per heavy atom. The molecule has 0 bridgehead atoms. The Labute approximate surface area is 171 Å². The maximum absolute atomic E-state index is 12.7. The number of halogens is 3. The van der Waals surface area contributed by atoms with E-state index in [1.54, 1.807) is 11.2 Å². The summed E-state index contributed by atoms with van der Waals surface area (Å²) in [6.45, 7) is 3.13. The topological polar surface area (TPSA) is 55.3 Å². The molecule has 0 spiro atoms. The van der Waals surface area contributed by atoms with Crippen LogP contribution >= 0.6 is 0 Å². The van der Waals surface area contributed by atoms with Crippen molar-refractivity contribution in [3.05, 3.63) is 65.6 Å². The Morgan fingerprint density at radius 1 is 1.07 bits per heavy atom. The molecule has 0 saturated carbocycles. The normalized spacial score (nSPS) is 15.4.